The van der Waals surface area contributed by atoms with E-state index in [9.17, 15) is 4.79 Å². The number of Topliss-reactive ketones (excluding diaryl/α,β-unsaturated/α-hetero) is 1. The van der Waals surface area contributed by atoms with Gasteiger partial charge in [-0.05, 0) is 24.7 Å². The monoisotopic (exact) mass is 280 g/mol. The lowest BCUT2D eigenvalue weighted by molar-refractivity contribution is -0.128. The molecule has 0 N–H and O–H groups in total. The summed E-state index contributed by atoms with van der Waals surface area (Å²) in [5, 5.41) is 0. The second-order valence-corrected chi connectivity index (χ2v) is 7.48. The average molecular weight is 280 g/mol. The first-order chi connectivity index (χ1) is 9.58. The molecule has 118 valence electrons. The van der Waals surface area contributed by atoms with E-state index in [4.69, 9.17) is 0 Å². The van der Waals surface area contributed by atoms with E-state index in [1.54, 1.807) is 0 Å². The third-order valence-corrected chi connectivity index (χ3v) is 5.17. The molecular weight excluding hydrogens is 244 g/mol. The third kappa shape index (κ3) is 6.41. The van der Waals surface area contributed by atoms with Crippen LogP contribution < -0.4 is 0 Å². The first kappa shape index (κ1) is 17.7. The SMILES string of the molecule is CCCCCCCCCCC(=O)C1CCCCC1(C)C. The smallest absolute Gasteiger partial charge is 0.136 e. The quantitative estimate of drug-likeness (QED) is 0.429. The van der Waals surface area contributed by atoms with E-state index in [0.717, 1.165) is 19.3 Å². The fourth-order valence-electron chi connectivity index (χ4n) is 3.70. The Morgan fingerprint density at radius 2 is 1.55 bits per heavy atom. The summed E-state index contributed by atoms with van der Waals surface area (Å²) in [6, 6.07) is 0. The number of hydrogen-bond acceptors (Lipinski definition) is 1. The molecule has 20 heavy (non-hydrogen) atoms. The van der Waals surface area contributed by atoms with E-state index < -0.39 is 0 Å². The zero-order chi connectivity index (χ0) is 14.8. The topological polar surface area (TPSA) is 17.1 Å². The molecule has 1 fully saturated rings. The van der Waals surface area contributed by atoms with Gasteiger partial charge in [0.2, 0.25) is 0 Å². The predicted molar refractivity (Wildman–Crippen MR) is 88.0 cm³/mol. The molecule has 0 aromatic rings. The minimum atomic E-state index is 0.259. The van der Waals surface area contributed by atoms with Crippen LogP contribution in [-0.4, -0.2) is 5.78 Å². The van der Waals surface area contributed by atoms with Gasteiger partial charge in [-0.25, -0.2) is 0 Å². The van der Waals surface area contributed by atoms with Crippen molar-refractivity contribution in [3.05, 3.63) is 0 Å². The lowest BCUT2D eigenvalue weighted by atomic mass is 9.66. The normalized spacial score (nSPS) is 21.9. The minimum Gasteiger partial charge on any atom is -0.299 e. The summed E-state index contributed by atoms with van der Waals surface area (Å²) in [5.41, 5.74) is 0.259. The summed E-state index contributed by atoms with van der Waals surface area (Å²) in [5.74, 6) is 0.904. The van der Waals surface area contributed by atoms with Crippen molar-refractivity contribution in [3.8, 4) is 0 Å². The first-order valence-electron chi connectivity index (χ1n) is 9.10. The van der Waals surface area contributed by atoms with Crippen LogP contribution in [0.5, 0.6) is 0 Å². The summed E-state index contributed by atoms with van der Waals surface area (Å²) < 4.78 is 0. The van der Waals surface area contributed by atoms with Crippen molar-refractivity contribution < 1.29 is 4.79 Å². The molecule has 0 bridgehead atoms. The summed E-state index contributed by atoms with van der Waals surface area (Å²) >= 11 is 0. The molecule has 0 amide bonds. The first-order valence-corrected chi connectivity index (χ1v) is 9.10. The van der Waals surface area contributed by atoms with Crippen molar-refractivity contribution in [1.29, 1.82) is 0 Å². The zero-order valence-corrected chi connectivity index (χ0v) is 14.2. The van der Waals surface area contributed by atoms with Gasteiger partial charge >= 0.3 is 0 Å². The van der Waals surface area contributed by atoms with Crippen molar-refractivity contribution in [3.63, 3.8) is 0 Å². The van der Waals surface area contributed by atoms with Gasteiger partial charge in [0.05, 0.1) is 0 Å². The fraction of sp³-hybridized carbons (Fsp3) is 0.947. The highest BCUT2D eigenvalue weighted by Crippen LogP contribution is 2.41. The molecule has 0 aromatic carbocycles. The number of hydrogen-bond donors (Lipinski definition) is 0. The lowest BCUT2D eigenvalue weighted by Gasteiger charge is -2.37. The van der Waals surface area contributed by atoms with Gasteiger partial charge < -0.3 is 0 Å². The van der Waals surface area contributed by atoms with Crippen LogP contribution in [0, 0.1) is 11.3 Å². The minimum absolute atomic E-state index is 0.259. The molecule has 0 saturated heterocycles. The zero-order valence-electron chi connectivity index (χ0n) is 14.2. The predicted octanol–water partition coefficient (Wildman–Crippen LogP) is 6.30. The van der Waals surface area contributed by atoms with E-state index in [0.29, 0.717) is 11.7 Å². The van der Waals surface area contributed by atoms with Crippen molar-refractivity contribution in [2.24, 2.45) is 11.3 Å². The number of rotatable bonds is 10. The van der Waals surface area contributed by atoms with Gasteiger partial charge in [0.15, 0.2) is 0 Å². The van der Waals surface area contributed by atoms with Crippen LogP contribution in [0.1, 0.15) is 104 Å². The highest BCUT2D eigenvalue weighted by Gasteiger charge is 2.36. The molecule has 1 atom stereocenters. The highest BCUT2D eigenvalue weighted by molar-refractivity contribution is 5.81. The van der Waals surface area contributed by atoms with E-state index in [2.05, 4.69) is 20.8 Å². The number of carbonyl (C=O) groups is 1. The average Bonchev–Trinajstić information content (AvgIpc) is 2.41. The summed E-state index contributed by atoms with van der Waals surface area (Å²) in [7, 11) is 0. The van der Waals surface area contributed by atoms with Crippen LogP contribution in [0.3, 0.4) is 0 Å². The maximum Gasteiger partial charge on any atom is 0.136 e. The molecule has 0 aliphatic heterocycles. The Kier molecular flexibility index (Phi) is 8.49. The van der Waals surface area contributed by atoms with Crippen molar-refractivity contribution in [1.82, 2.24) is 0 Å². The van der Waals surface area contributed by atoms with Gasteiger partial charge in [0.1, 0.15) is 5.78 Å². The molecule has 1 unspecified atom stereocenters. The maximum atomic E-state index is 12.4. The van der Waals surface area contributed by atoms with Crippen molar-refractivity contribution >= 4 is 5.78 Å². The summed E-state index contributed by atoms with van der Waals surface area (Å²) in [6.07, 6.45) is 16.3. The van der Waals surface area contributed by atoms with E-state index >= 15 is 0 Å². The molecular formula is C19H36O. The Morgan fingerprint density at radius 1 is 0.950 bits per heavy atom. The number of ketones is 1. The molecule has 1 nitrogen and oxygen atoms in total. The van der Waals surface area contributed by atoms with Gasteiger partial charge in [-0.3, -0.25) is 4.79 Å². The Bertz CT molecular complexity index is 267. The summed E-state index contributed by atoms with van der Waals surface area (Å²) in [6.45, 7) is 6.85. The Morgan fingerprint density at radius 3 is 2.15 bits per heavy atom. The Balaban J connectivity index is 2.08. The van der Waals surface area contributed by atoms with Gasteiger partial charge in [-0.15, -0.1) is 0 Å². The number of carbonyl (C=O) groups excluding carboxylic acids is 1. The van der Waals surface area contributed by atoms with Gasteiger partial charge in [0.25, 0.3) is 0 Å². The van der Waals surface area contributed by atoms with Crippen molar-refractivity contribution in [2.75, 3.05) is 0 Å². The third-order valence-electron chi connectivity index (χ3n) is 5.17. The van der Waals surface area contributed by atoms with Crippen molar-refractivity contribution in [2.45, 2.75) is 104 Å². The molecule has 0 radical (unpaired) electrons. The maximum absolute atomic E-state index is 12.4. The molecule has 0 spiro atoms. The molecule has 1 aliphatic carbocycles. The second kappa shape index (κ2) is 9.58. The van der Waals surface area contributed by atoms with Gasteiger partial charge in [0, 0.05) is 12.3 Å². The van der Waals surface area contributed by atoms with Crippen LogP contribution in [0.15, 0.2) is 0 Å². The molecule has 1 aliphatic rings. The largest absolute Gasteiger partial charge is 0.299 e. The van der Waals surface area contributed by atoms with Crippen LogP contribution in [-0.2, 0) is 4.79 Å². The highest BCUT2D eigenvalue weighted by atomic mass is 16.1. The second-order valence-electron chi connectivity index (χ2n) is 7.48. The van der Waals surface area contributed by atoms with E-state index in [-0.39, 0.29) is 5.41 Å². The van der Waals surface area contributed by atoms with E-state index in [1.807, 2.05) is 0 Å². The van der Waals surface area contributed by atoms with Crippen LogP contribution in [0.4, 0.5) is 0 Å². The fourth-order valence-corrected chi connectivity index (χ4v) is 3.70. The molecule has 0 aromatic heterocycles. The Hall–Kier alpha value is -0.330. The molecule has 1 saturated carbocycles. The molecule has 1 rings (SSSR count). The molecule has 1 heteroatoms. The van der Waals surface area contributed by atoms with E-state index in [1.165, 1.54) is 64.2 Å². The van der Waals surface area contributed by atoms with Gasteiger partial charge in [-0.1, -0.05) is 78.6 Å². The standard InChI is InChI=1S/C19H36O/c1-4-5-6-7-8-9-10-11-15-18(20)17-14-12-13-16-19(17,2)3/h17H,4-16H2,1-3H3. The number of unbranched alkanes of at least 4 members (excludes halogenated alkanes) is 7. The van der Waals surface area contributed by atoms with Crippen LogP contribution in [0.25, 0.3) is 0 Å². The van der Waals surface area contributed by atoms with Crippen LogP contribution in [0.2, 0.25) is 0 Å². The molecule has 0 heterocycles. The summed E-state index contributed by atoms with van der Waals surface area (Å²) in [4.78, 5) is 12.4. The lowest BCUT2D eigenvalue weighted by Crippen LogP contribution is -2.33. The van der Waals surface area contributed by atoms with Crippen LogP contribution >= 0.6 is 0 Å². The van der Waals surface area contributed by atoms with Gasteiger partial charge in [-0.2, -0.15) is 0 Å². The Labute approximate surface area is 126 Å².